The molecule has 3 nitrogen and oxygen atoms in total. The maximum Gasteiger partial charge on any atom is 0.0589 e. The topological polar surface area (TPSA) is 32.7 Å². The van der Waals surface area contributed by atoms with Crippen LogP contribution < -0.4 is 0 Å². The Bertz CT molecular complexity index is 230. The molecule has 0 saturated heterocycles. The molecule has 3 atom stereocenters. The summed E-state index contributed by atoms with van der Waals surface area (Å²) in [6, 6.07) is 1.36. The highest BCUT2D eigenvalue weighted by Gasteiger charge is 2.39. The van der Waals surface area contributed by atoms with Gasteiger partial charge in [0.15, 0.2) is 0 Å². The van der Waals surface area contributed by atoms with Gasteiger partial charge < -0.3 is 9.84 Å². The van der Waals surface area contributed by atoms with Gasteiger partial charge in [-0.15, -0.1) is 0 Å². The van der Waals surface area contributed by atoms with E-state index >= 15 is 0 Å². The Labute approximate surface area is 105 Å². The van der Waals surface area contributed by atoms with E-state index in [1.165, 1.54) is 25.7 Å². The summed E-state index contributed by atoms with van der Waals surface area (Å²) in [7, 11) is 1.78. The molecule has 100 valence electrons. The third kappa shape index (κ3) is 3.43. The third-order valence-electron chi connectivity index (χ3n) is 4.45. The first-order valence-corrected chi connectivity index (χ1v) is 7.19. The quantitative estimate of drug-likeness (QED) is 0.772. The fraction of sp³-hybridized carbons (Fsp3) is 1.00. The molecule has 1 N–H and O–H groups in total. The fourth-order valence-corrected chi connectivity index (χ4v) is 3.29. The number of ether oxygens (including phenoxy) is 1. The monoisotopic (exact) mass is 241 g/mol. The maximum atomic E-state index is 9.91. The molecule has 0 aromatic rings. The molecular formula is C14H27NO2. The lowest BCUT2D eigenvalue weighted by molar-refractivity contribution is 0.0109. The minimum Gasteiger partial charge on any atom is -0.393 e. The summed E-state index contributed by atoms with van der Waals surface area (Å²) in [4.78, 5) is 2.63. The van der Waals surface area contributed by atoms with Gasteiger partial charge in [0.2, 0.25) is 0 Å². The van der Waals surface area contributed by atoms with Crippen LogP contribution in [0.2, 0.25) is 0 Å². The lowest BCUT2D eigenvalue weighted by Crippen LogP contribution is -2.47. The van der Waals surface area contributed by atoms with E-state index in [2.05, 4.69) is 11.8 Å². The number of aliphatic hydroxyl groups excluding tert-OH is 1. The van der Waals surface area contributed by atoms with E-state index in [0.717, 1.165) is 38.0 Å². The molecule has 2 fully saturated rings. The van der Waals surface area contributed by atoms with Gasteiger partial charge in [0.1, 0.15) is 0 Å². The number of rotatable bonds is 6. The maximum absolute atomic E-state index is 9.91. The summed E-state index contributed by atoms with van der Waals surface area (Å²) in [5.74, 6) is 0.774. The summed E-state index contributed by atoms with van der Waals surface area (Å²) < 4.78 is 5.23. The van der Waals surface area contributed by atoms with Crippen molar-refractivity contribution in [3.8, 4) is 0 Å². The van der Waals surface area contributed by atoms with Crippen LogP contribution in [0.4, 0.5) is 0 Å². The zero-order valence-electron chi connectivity index (χ0n) is 11.3. The molecule has 0 bridgehead atoms. The Hall–Kier alpha value is -0.120. The Morgan fingerprint density at radius 3 is 2.59 bits per heavy atom. The molecule has 0 aromatic heterocycles. The van der Waals surface area contributed by atoms with Gasteiger partial charge in [-0.1, -0.05) is 13.3 Å². The Morgan fingerprint density at radius 1 is 1.24 bits per heavy atom. The summed E-state index contributed by atoms with van der Waals surface area (Å²) in [5.41, 5.74) is 0. The second kappa shape index (κ2) is 6.17. The zero-order valence-corrected chi connectivity index (χ0v) is 11.3. The van der Waals surface area contributed by atoms with Crippen molar-refractivity contribution in [3.05, 3.63) is 0 Å². The molecule has 0 aliphatic heterocycles. The second-order valence-electron chi connectivity index (χ2n) is 5.66. The van der Waals surface area contributed by atoms with E-state index in [-0.39, 0.29) is 6.10 Å². The van der Waals surface area contributed by atoms with Gasteiger partial charge in [0, 0.05) is 25.7 Å². The molecule has 2 aliphatic rings. The highest BCUT2D eigenvalue weighted by molar-refractivity contribution is 4.94. The molecule has 0 spiro atoms. The van der Waals surface area contributed by atoms with Gasteiger partial charge in [-0.3, -0.25) is 4.90 Å². The Morgan fingerprint density at radius 2 is 2.00 bits per heavy atom. The number of methoxy groups -OCH3 is 1. The standard InChI is InChI=1S/C14H27NO2/c1-3-11-4-7-13(16)10-14(11)15(8-9-17-2)12-5-6-12/h11-14,16H,3-10H2,1-2H3. The lowest BCUT2D eigenvalue weighted by atomic mass is 9.80. The van der Waals surface area contributed by atoms with Gasteiger partial charge in [-0.25, -0.2) is 0 Å². The summed E-state index contributed by atoms with van der Waals surface area (Å²) >= 11 is 0. The van der Waals surface area contributed by atoms with E-state index < -0.39 is 0 Å². The summed E-state index contributed by atoms with van der Waals surface area (Å²) in [6.07, 6.45) is 7.01. The van der Waals surface area contributed by atoms with E-state index in [0.29, 0.717) is 6.04 Å². The van der Waals surface area contributed by atoms with Crippen molar-refractivity contribution in [2.75, 3.05) is 20.3 Å². The van der Waals surface area contributed by atoms with Crippen molar-refractivity contribution in [3.63, 3.8) is 0 Å². The number of hydrogen-bond donors (Lipinski definition) is 1. The second-order valence-corrected chi connectivity index (χ2v) is 5.66. The summed E-state index contributed by atoms with van der Waals surface area (Å²) in [6.45, 7) is 4.14. The number of nitrogens with zero attached hydrogens (tertiary/aromatic N) is 1. The van der Waals surface area contributed by atoms with Gasteiger partial charge in [-0.2, -0.15) is 0 Å². The zero-order chi connectivity index (χ0) is 12.3. The van der Waals surface area contributed by atoms with Crippen molar-refractivity contribution in [1.29, 1.82) is 0 Å². The van der Waals surface area contributed by atoms with Crippen molar-refractivity contribution < 1.29 is 9.84 Å². The van der Waals surface area contributed by atoms with Crippen molar-refractivity contribution in [2.24, 2.45) is 5.92 Å². The van der Waals surface area contributed by atoms with Crippen LogP contribution in [0.5, 0.6) is 0 Å². The number of aliphatic hydroxyl groups is 1. The lowest BCUT2D eigenvalue weighted by Gasteiger charge is -2.41. The smallest absolute Gasteiger partial charge is 0.0589 e. The van der Waals surface area contributed by atoms with E-state index in [1.54, 1.807) is 7.11 Å². The van der Waals surface area contributed by atoms with E-state index in [9.17, 15) is 5.11 Å². The average molecular weight is 241 g/mol. The van der Waals surface area contributed by atoms with Crippen LogP contribution in [0.25, 0.3) is 0 Å². The van der Waals surface area contributed by atoms with Crippen LogP contribution in [0.3, 0.4) is 0 Å². The van der Waals surface area contributed by atoms with Crippen LogP contribution in [0, 0.1) is 5.92 Å². The Balaban J connectivity index is 1.97. The minimum absolute atomic E-state index is 0.0772. The Kier molecular flexibility index (Phi) is 4.83. The normalized spacial score (nSPS) is 34.2. The highest BCUT2D eigenvalue weighted by atomic mass is 16.5. The van der Waals surface area contributed by atoms with Crippen LogP contribution in [-0.2, 0) is 4.74 Å². The number of hydrogen-bond acceptors (Lipinski definition) is 3. The van der Waals surface area contributed by atoms with Gasteiger partial charge in [-0.05, 0) is 38.0 Å². The van der Waals surface area contributed by atoms with Gasteiger partial charge >= 0.3 is 0 Å². The van der Waals surface area contributed by atoms with Crippen molar-refractivity contribution in [2.45, 2.75) is 63.6 Å². The van der Waals surface area contributed by atoms with Crippen LogP contribution in [0.1, 0.15) is 45.4 Å². The molecule has 2 aliphatic carbocycles. The van der Waals surface area contributed by atoms with E-state index in [4.69, 9.17) is 4.74 Å². The molecule has 17 heavy (non-hydrogen) atoms. The first-order valence-electron chi connectivity index (χ1n) is 7.19. The van der Waals surface area contributed by atoms with E-state index in [1.807, 2.05) is 0 Å². The van der Waals surface area contributed by atoms with Crippen molar-refractivity contribution in [1.82, 2.24) is 4.90 Å². The first-order chi connectivity index (χ1) is 8.26. The predicted molar refractivity (Wildman–Crippen MR) is 69.0 cm³/mol. The van der Waals surface area contributed by atoms with Crippen molar-refractivity contribution >= 4 is 0 Å². The van der Waals surface area contributed by atoms with Gasteiger partial charge in [0.25, 0.3) is 0 Å². The van der Waals surface area contributed by atoms with Crippen LogP contribution in [0.15, 0.2) is 0 Å². The van der Waals surface area contributed by atoms with Crippen LogP contribution >= 0.6 is 0 Å². The molecule has 0 aromatic carbocycles. The molecule has 3 heteroatoms. The predicted octanol–water partition coefficient (Wildman–Crippen LogP) is 2.04. The molecule has 0 amide bonds. The highest BCUT2D eigenvalue weighted by Crippen LogP contribution is 2.37. The molecule has 2 saturated carbocycles. The average Bonchev–Trinajstić information content (AvgIpc) is 3.14. The molecule has 3 unspecified atom stereocenters. The summed E-state index contributed by atoms with van der Waals surface area (Å²) in [5, 5.41) is 9.91. The third-order valence-corrected chi connectivity index (χ3v) is 4.45. The molecule has 0 radical (unpaired) electrons. The largest absolute Gasteiger partial charge is 0.393 e. The molecule has 0 heterocycles. The molecule has 2 rings (SSSR count). The molecular weight excluding hydrogens is 214 g/mol. The van der Waals surface area contributed by atoms with Crippen LogP contribution in [-0.4, -0.2) is 48.5 Å². The fourth-order valence-electron chi connectivity index (χ4n) is 3.29. The minimum atomic E-state index is -0.0772. The SMILES string of the molecule is CCC1CCC(O)CC1N(CCOC)C1CC1. The first kappa shape index (κ1) is 13.3. The van der Waals surface area contributed by atoms with Gasteiger partial charge in [0.05, 0.1) is 12.7 Å².